The fourth-order valence-electron chi connectivity index (χ4n) is 1.63. The normalized spacial score (nSPS) is 11.2. The molecular weight excluding hydrogens is 278 g/mol. The predicted molar refractivity (Wildman–Crippen MR) is 79.1 cm³/mol. The number of aromatic nitrogens is 2. The van der Waals surface area contributed by atoms with Gasteiger partial charge in [-0.25, -0.2) is 13.1 Å². The van der Waals surface area contributed by atoms with Gasteiger partial charge < -0.3 is 11.1 Å². The van der Waals surface area contributed by atoms with Gasteiger partial charge in [-0.2, -0.15) is 10.4 Å². The first-order valence-corrected chi connectivity index (χ1v) is 8.48. The quantitative estimate of drug-likeness (QED) is 0.692. The molecule has 0 aromatic carbocycles. The summed E-state index contributed by atoms with van der Waals surface area (Å²) >= 11 is 0. The van der Waals surface area contributed by atoms with Gasteiger partial charge in [0, 0.05) is 12.3 Å². The third kappa shape index (κ3) is 4.13. The third-order valence-corrected chi connectivity index (χ3v) is 4.66. The maximum Gasteiger partial charge on any atom is 0.168 e. The average Bonchev–Trinajstić information content (AvgIpc) is 2.73. The van der Waals surface area contributed by atoms with E-state index in [1.54, 1.807) is 6.92 Å². The molecule has 0 radical (unpaired) electrons. The van der Waals surface area contributed by atoms with Crippen molar-refractivity contribution in [3.8, 4) is 6.07 Å². The number of rotatable bonds is 8. The molecule has 0 unspecified atom stereocenters. The second-order valence-electron chi connectivity index (χ2n) is 4.46. The zero-order valence-electron chi connectivity index (χ0n) is 11.9. The molecular formula is C12H21N5O2S. The molecule has 1 aromatic rings. The molecule has 1 rings (SSSR count). The van der Waals surface area contributed by atoms with E-state index in [1.165, 1.54) is 4.68 Å². The van der Waals surface area contributed by atoms with Gasteiger partial charge in [0.1, 0.15) is 17.5 Å². The number of nitriles is 1. The molecule has 0 spiro atoms. The van der Waals surface area contributed by atoms with Crippen molar-refractivity contribution in [1.29, 1.82) is 5.26 Å². The van der Waals surface area contributed by atoms with E-state index in [0.717, 1.165) is 12.8 Å². The molecule has 0 fully saturated rings. The Kier molecular flexibility index (Phi) is 5.82. The SMILES string of the molecule is CCCCNc1nn(CCS(=O)(=O)CC)c(N)c1C#N. The number of nitrogens with two attached hydrogens (primary N) is 1. The number of hydrogen-bond acceptors (Lipinski definition) is 6. The summed E-state index contributed by atoms with van der Waals surface area (Å²) in [7, 11) is -3.09. The van der Waals surface area contributed by atoms with Crippen LogP contribution in [0, 0.1) is 11.3 Å². The summed E-state index contributed by atoms with van der Waals surface area (Å²) in [5.41, 5.74) is 6.11. The summed E-state index contributed by atoms with van der Waals surface area (Å²) in [6, 6.07) is 2.00. The van der Waals surface area contributed by atoms with Crippen molar-refractivity contribution in [2.24, 2.45) is 0 Å². The van der Waals surface area contributed by atoms with Crippen LogP contribution in [0.1, 0.15) is 32.3 Å². The summed E-state index contributed by atoms with van der Waals surface area (Å²) in [5, 5.41) is 16.3. The Morgan fingerprint density at radius 3 is 2.70 bits per heavy atom. The molecule has 0 aliphatic carbocycles. The molecule has 1 heterocycles. The van der Waals surface area contributed by atoms with E-state index in [1.807, 2.05) is 6.07 Å². The molecule has 0 amide bonds. The number of nitrogens with zero attached hydrogens (tertiary/aromatic N) is 3. The smallest absolute Gasteiger partial charge is 0.168 e. The van der Waals surface area contributed by atoms with E-state index in [4.69, 9.17) is 11.0 Å². The van der Waals surface area contributed by atoms with Crippen molar-refractivity contribution in [1.82, 2.24) is 9.78 Å². The highest BCUT2D eigenvalue weighted by Gasteiger charge is 2.16. The number of nitrogen functional groups attached to an aromatic ring is 1. The second kappa shape index (κ2) is 7.14. The van der Waals surface area contributed by atoms with E-state index in [9.17, 15) is 8.42 Å². The Morgan fingerprint density at radius 1 is 1.45 bits per heavy atom. The van der Waals surface area contributed by atoms with Crippen molar-refractivity contribution >= 4 is 21.5 Å². The van der Waals surface area contributed by atoms with Crippen LogP contribution in [0.25, 0.3) is 0 Å². The highest BCUT2D eigenvalue weighted by atomic mass is 32.2. The molecule has 8 heteroatoms. The lowest BCUT2D eigenvalue weighted by Crippen LogP contribution is -2.16. The van der Waals surface area contributed by atoms with Gasteiger partial charge in [-0.15, -0.1) is 0 Å². The standard InChI is InChI=1S/C12H21N5O2S/c1-3-5-6-15-12-10(9-13)11(14)17(16-12)7-8-20(18,19)4-2/h3-8,14H2,1-2H3,(H,15,16). The zero-order chi connectivity index (χ0) is 15.2. The predicted octanol–water partition coefficient (Wildman–Crippen LogP) is 0.984. The van der Waals surface area contributed by atoms with Crippen LogP contribution < -0.4 is 11.1 Å². The van der Waals surface area contributed by atoms with Gasteiger partial charge in [0.25, 0.3) is 0 Å². The van der Waals surface area contributed by atoms with E-state index in [0.29, 0.717) is 12.4 Å². The Morgan fingerprint density at radius 2 is 2.15 bits per heavy atom. The molecule has 7 nitrogen and oxygen atoms in total. The van der Waals surface area contributed by atoms with Crippen molar-refractivity contribution in [3.63, 3.8) is 0 Å². The number of hydrogen-bond donors (Lipinski definition) is 2. The summed E-state index contributed by atoms with van der Waals surface area (Å²) in [5.74, 6) is 0.681. The van der Waals surface area contributed by atoms with Crippen molar-refractivity contribution in [2.45, 2.75) is 33.2 Å². The fraction of sp³-hybridized carbons (Fsp3) is 0.667. The number of aryl methyl sites for hydroxylation is 1. The number of unbranched alkanes of at least 4 members (excludes halogenated alkanes) is 1. The molecule has 0 saturated heterocycles. The van der Waals surface area contributed by atoms with E-state index < -0.39 is 9.84 Å². The van der Waals surface area contributed by atoms with Crippen molar-refractivity contribution in [2.75, 3.05) is 29.1 Å². The van der Waals surface area contributed by atoms with Crippen LogP contribution in [0.2, 0.25) is 0 Å². The minimum Gasteiger partial charge on any atom is -0.383 e. The minimum absolute atomic E-state index is 0.0331. The highest BCUT2D eigenvalue weighted by molar-refractivity contribution is 7.91. The van der Waals surface area contributed by atoms with Gasteiger partial charge >= 0.3 is 0 Å². The van der Waals surface area contributed by atoms with Crippen LogP contribution in [0.4, 0.5) is 11.6 Å². The lowest BCUT2D eigenvalue weighted by Gasteiger charge is -2.04. The first-order valence-electron chi connectivity index (χ1n) is 6.65. The highest BCUT2D eigenvalue weighted by Crippen LogP contribution is 2.20. The fourth-order valence-corrected chi connectivity index (χ4v) is 2.37. The van der Waals surface area contributed by atoms with Gasteiger partial charge in [-0.05, 0) is 6.42 Å². The summed E-state index contributed by atoms with van der Waals surface area (Å²) < 4.78 is 24.4. The molecule has 3 N–H and O–H groups in total. The van der Waals surface area contributed by atoms with Crippen LogP contribution in [0.15, 0.2) is 0 Å². The molecule has 0 saturated carbocycles. The Labute approximate surface area is 119 Å². The molecule has 1 aromatic heterocycles. The van der Waals surface area contributed by atoms with Gasteiger partial charge in [-0.3, -0.25) is 0 Å². The van der Waals surface area contributed by atoms with Crippen LogP contribution in [-0.2, 0) is 16.4 Å². The van der Waals surface area contributed by atoms with E-state index in [-0.39, 0.29) is 29.4 Å². The monoisotopic (exact) mass is 299 g/mol. The zero-order valence-corrected chi connectivity index (χ0v) is 12.7. The molecule has 0 atom stereocenters. The summed E-state index contributed by atoms with van der Waals surface area (Å²) in [4.78, 5) is 0. The lowest BCUT2D eigenvalue weighted by atomic mass is 10.3. The topological polar surface area (TPSA) is 114 Å². The summed E-state index contributed by atoms with van der Waals surface area (Å²) in [6.07, 6.45) is 1.99. The van der Waals surface area contributed by atoms with Gasteiger partial charge in [-0.1, -0.05) is 20.3 Å². The van der Waals surface area contributed by atoms with Crippen molar-refractivity contribution < 1.29 is 8.42 Å². The number of sulfone groups is 1. The molecule has 0 bridgehead atoms. The van der Waals surface area contributed by atoms with Crippen LogP contribution in [0.5, 0.6) is 0 Å². The molecule has 20 heavy (non-hydrogen) atoms. The third-order valence-electron chi connectivity index (χ3n) is 2.98. The maximum atomic E-state index is 11.5. The first-order chi connectivity index (χ1) is 9.45. The Hall–Kier alpha value is -1.75. The Bertz CT molecular complexity index is 586. The largest absolute Gasteiger partial charge is 0.383 e. The minimum atomic E-state index is -3.09. The summed E-state index contributed by atoms with van der Waals surface area (Å²) in [6.45, 7) is 4.52. The Balaban J connectivity index is 2.85. The molecule has 112 valence electrons. The lowest BCUT2D eigenvalue weighted by molar-refractivity contribution is 0.583. The van der Waals surface area contributed by atoms with Crippen molar-refractivity contribution in [3.05, 3.63) is 5.56 Å². The van der Waals surface area contributed by atoms with Gasteiger partial charge in [0.15, 0.2) is 15.7 Å². The van der Waals surface area contributed by atoms with E-state index >= 15 is 0 Å². The average molecular weight is 299 g/mol. The van der Waals surface area contributed by atoms with E-state index in [2.05, 4.69) is 17.3 Å². The van der Waals surface area contributed by atoms with Crippen LogP contribution >= 0.6 is 0 Å². The number of anilines is 2. The van der Waals surface area contributed by atoms with Gasteiger partial charge in [0.2, 0.25) is 0 Å². The van der Waals surface area contributed by atoms with Gasteiger partial charge in [0.05, 0.1) is 12.3 Å². The van der Waals surface area contributed by atoms with Crippen LogP contribution in [-0.4, -0.2) is 36.2 Å². The number of nitrogens with one attached hydrogen (secondary N) is 1. The molecule has 0 aliphatic heterocycles. The second-order valence-corrected chi connectivity index (χ2v) is 6.93. The van der Waals surface area contributed by atoms with Crippen LogP contribution in [0.3, 0.4) is 0 Å². The first kappa shape index (κ1) is 16.3. The molecule has 0 aliphatic rings. The maximum absolute atomic E-state index is 11.5.